The van der Waals surface area contributed by atoms with Crippen LogP contribution in [0.1, 0.15) is 31.1 Å². The molecule has 3 rings (SSSR count). The minimum atomic E-state index is 0.0250. The van der Waals surface area contributed by atoms with E-state index < -0.39 is 0 Å². The third-order valence-electron chi connectivity index (χ3n) is 4.15. The Hall–Kier alpha value is -2.21. The van der Waals surface area contributed by atoms with Gasteiger partial charge >= 0.3 is 0 Å². The lowest BCUT2D eigenvalue weighted by Gasteiger charge is -2.39. The van der Waals surface area contributed by atoms with E-state index in [2.05, 4.69) is 31.0 Å². The fraction of sp³-hybridized carbons (Fsp3) is 0.471. The van der Waals surface area contributed by atoms with Crippen molar-refractivity contribution in [3.63, 3.8) is 0 Å². The zero-order valence-corrected chi connectivity index (χ0v) is 13.8. The van der Waals surface area contributed by atoms with Crippen molar-refractivity contribution in [2.75, 3.05) is 19.7 Å². The van der Waals surface area contributed by atoms with E-state index in [1.165, 1.54) is 0 Å². The SMILES string of the molecule is CC(C)(C)[C@@H]1CN(C(=O)c2ccc(-n3cnnc3)cc2)CCO1. The third kappa shape index (κ3) is 3.42. The normalized spacial score (nSPS) is 18.9. The van der Waals surface area contributed by atoms with Crippen molar-refractivity contribution in [1.29, 1.82) is 0 Å². The summed E-state index contributed by atoms with van der Waals surface area (Å²) in [5, 5.41) is 7.57. The Morgan fingerprint density at radius 3 is 2.43 bits per heavy atom. The van der Waals surface area contributed by atoms with E-state index in [1.54, 1.807) is 17.2 Å². The van der Waals surface area contributed by atoms with Crippen molar-refractivity contribution >= 4 is 5.91 Å². The molecule has 1 saturated heterocycles. The molecule has 0 spiro atoms. The first kappa shape index (κ1) is 15.7. The Balaban J connectivity index is 1.72. The van der Waals surface area contributed by atoms with Crippen LogP contribution in [0.2, 0.25) is 0 Å². The molecule has 0 N–H and O–H groups in total. The third-order valence-corrected chi connectivity index (χ3v) is 4.15. The van der Waals surface area contributed by atoms with E-state index in [0.717, 1.165) is 5.69 Å². The molecular weight excluding hydrogens is 292 g/mol. The molecule has 1 amide bonds. The highest BCUT2D eigenvalue weighted by molar-refractivity contribution is 5.94. The second kappa shape index (κ2) is 6.12. The molecule has 0 saturated carbocycles. The highest BCUT2D eigenvalue weighted by atomic mass is 16.5. The highest BCUT2D eigenvalue weighted by Gasteiger charge is 2.32. The van der Waals surface area contributed by atoms with Crippen LogP contribution >= 0.6 is 0 Å². The molecule has 122 valence electrons. The highest BCUT2D eigenvalue weighted by Crippen LogP contribution is 2.26. The molecule has 0 unspecified atom stereocenters. The summed E-state index contributed by atoms with van der Waals surface area (Å²) in [6.07, 6.45) is 3.33. The predicted octanol–water partition coefficient (Wildman–Crippen LogP) is 2.15. The Labute approximate surface area is 136 Å². The molecule has 2 heterocycles. The van der Waals surface area contributed by atoms with Crippen LogP contribution in [0.4, 0.5) is 0 Å². The van der Waals surface area contributed by atoms with Gasteiger partial charge in [-0.15, -0.1) is 10.2 Å². The topological polar surface area (TPSA) is 60.2 Å². The zero-order valence-electron chi connectivity index (χ0n) is 13.8. The molecule has 2 aromatic rings. The Morgan fingerprint density at radius 1 is 1.17 bits per heavy atom. The average molecular weight is 314 g/mol. The number of carbonyl (C=O) groups excluding carboxylic acids is 1. The lowest BCUT2D eigenvalue weighted by atomic mass is 9.88. The molecule has 0 bridgehead atoms. The summed E-state index contributed by atoms with van der Waals surface area (Å²) in [6, 6.07) is 7.50. The van der Waals surface area contributed by atoms with E-state index in [0.29, 0.717) is 25.3 Å². The first-order chi connectivity index (χ1) is 10.9. The summed E-state index contributed by atoms with van der Waals surface area (Å²) in [5.74, 6) is 0.0536. The minimum Gasteiger partial charge on any atom is -0.374 e. The minimum absolute atomic E-state index is 0.0250. The summed E-state index contributed by atoms with van der Waals surface area (Å²) in [4.78, 5) is 14.6. The smallest absolute Gasteiger partial charge is 0.254 e. The molecule has 1 aromatic heterocycles. The number of benzene rings is 1. The second-order valence-electron chi connectivity index (χ2n) is 6.89. The van der Waals surface area contributed by atoms with Crippen molar-refractivity contribution in [1.82, 2.24) is 19.7 Å². The van der Waals surface area contributed by atoms with Crippen LogP contribution in [-0.4, -0.2) is 51.4 Å². The van der Waals surface area contributed by atoms with Gasteiger partial charge < -0.3 is 9.64 Å². The van der Waals surface area contributed by atoms with Crippen LogP contribution in [0.25, 0.3) is 5.69 Å². The van der Waals surface area contributed by atoms with Crippen LogP contribution in [0.3, 0.4) is 0 Å². The Bertz CT molecular complexity index is 659. The molecule has 0 radical (unpaired) electrons. The maximum Gasteiger partial charge on any atom is 0.254 e. The lowest BCUT2D eigenvalue weighted by molar-refractivity contribution is -0.0706. The molecule has 6 heteroatoms. The van der Waals surface area contributed by atoms with Crippen LogP contribution in [-0.2, 0) is 4.74 Å². The standard InChI is InChI=1S/C17H22N4O2/c1-17(2,3)15-10-20(8-9-23-15)16(22)13-4-6-14(7-5-13)21-11-18-19-12-21/h4-7,11-12,15H,8-10H2,1-3H3/t15-/m0/s1. The Morgan fingerprint density at radius 2 is 1.83 bits per heavy atom. The fourth-order valence-electron chi connectivity index (χ4n) is 2.65. The number of hydrogen-bond acceptors (Lipinski definition) is 4. The first-order valence-corrected chi connectivity index (χ1v) is 7.81. The van der Waals surface area contributed by atoms with Gasteiger partial charge in [0.2, 0.25) is 0 Å². The van der Waals surface area contributed by atoms with E-state index in [-0.39, 0.29) is 17.4 Å². The van der Waals surface area contributed by atoms with Crippen LogP contribution in [0.15, 0.2) is 36.9 Å². The summed E-state index contributed by atoms with van der Waals surface area (Å²) < 4.78 is 7.62. The van der Waals surface area contributed by atoms with Gasteiger partial charge in [0.05, 0.1) is 12.7 Å². The summed E-state index contributed by atoms with van der Waals surface area (Å²) >= 11 is 0. The number of rotatable bonds is 2. The average Bonchev–Trinajstić information content (AvgIpc) is 3.08. The Kier molecular flexibility index (Phi) is 4.17. The quantitative estimate of drug-likeness (QED) is 0.852. The van der Waals surface area contributed by atoms with Gasteiger partial charge in [-0.05, 0) is 29.7 Å². The van der Waals surface area contributed by atoms with Gasteiger partial charge in [-0.3, -0.25) is 9.36 Å². The van der Waals surface area contributed by atoms with Gasteiger partial charge in [0.15, 0.2) is 0 Å². The number of ether oxygens (including phenoxy) is 1. The predicted molar refractivity (Wildman–Crippen MR) is 86.5 cm³/mol. The van der Waals surface area contributed by atoms with Crippen molar-refractivity contribution < 1.29 is 9.53 Å². The number of amides is 1. The number of carbonyl (C=O) groups is 1. The molecular formula is C17H22N4O2. The van der Waals surface area contributed by atoms with Crippen LogP contribution < -0.4 is 0 Å². The number of nitrogens with zero attached hydrogens (tertiary/aromatic N) is 4. The zero-order chi connectivity index (χ0) is 16.4. The van der Waals surface area contributed by atoms with Crippen LogP contribution in [0.5, 0.6) is 0 Å². The van der Waals surface area contributed by atoms with Crippen molar-refractivity contribution in [3.05, 3.63) is 42.5 Å². The van der Waals surface area contributed by atoms with E-state index in [9.17, 15) is 4.79 Å². The molecule has 0 aliphatic carbocycles. The molecule has 1 atom stereocenters. The van der Waals surface area contributed by atoms with Crippen LogP contribution in [0, 0.1) is 5.41 Å². The lowest BCUT2D eigenvalue weighted by Crippen LogP contribution is -2.50. The van der Waals surface area contributed by atoms with Gasteiger partial charge in [-0.1, -0.05) is 20.8 Å². The molecule has 1 aliphatic rings. The summed E-state index contributed by atoms with van der Waals surface area (Å²) in [6.45, 7) is 8.28. The van der Waals surface area contributed by atoms with Gasteiger partial charge in [-0.2, -0.15) is 0 Å². The molecule has 1 aliphatic heterocycles. The molecule has 23 heavy (non-hydrogen) atoms. The van der Waals surface area contributed by atoms with E-state index in [4.69, 9.17) is 4.74 Å². The second-order valence-corrected chi connectivity index (χ2v) is 6.89. The van der Waals surface area contributed by atoms with Crippen molar-refractivity contribution in [2.45, 2.75) is 26.9 Å². The number of hydrogen-bond donors (Lipinski definition) is 0. The van der Waals surface area contributed by atoms with Gasteiger partial charge in [0, 0.05) is 24.3 Å². The van der Waals surface area contributed by atoms with Gasteiger partial charge in [0.25, 0.3) is 5.91 Å². The van der Waals surface area contributed by atoms with E-state index >= 15 is 0 Å². The molecule has 1 fully saturated rings. The summed E-state index contributed by atoms with van der Waals surface area (Å²) in [7, 11) is 0. The number of aromatic nitrogens is 3. The molecule has 6 nitrogen and oxygen atoms in total. The van der Waals surface area contributed by atoms with Crippen molar-refractivity contribution in [3.8, 4) is 5.69 Å². The maximum absolute atomic E-state index is 12.7. The fourth-order valence-corrected chi connectivity index (χ4v) is 2.65. The summed E-state index contributed by atoms with van der Waals surface area (Å²) in [5.41, 5.74) is 1.65. The largest absolute Gasteiger partial charge is 0.374 e. The first-order valence-electron chi connectivity index (χ1n) is 7.81. The molecule has 1 aromatic carbocycles. The van der Waals surface area contributed by atoms with Gasteiger partial charge in [0.1, 0.15) is 12.7 Å². The van der Waals surface area contributed by atoms with Crippen molar-refractivity contribution in [2.24, 2.45) is 5.41 Å². The van der Waals surface area contributed by atoms with E-state index in [1.807, 2.05) is 29.2 Å². The maximum atomic E-state index is 12.7. The van der Waals surface area contributed by atoms with Gasteiger partial charge in [-0.25, -0.2) is 0 Å². The monoisotopic (exact) mass is 314 g/mol. The number of morpholine rings is 1.